The van der Waals surface area contributed by atoms with E-state index in [1.54, 1.807) is 6.07 Å². The van der Waals surface area contributed by atoms with Gasteiger partial charge in [0.1, 0.15) is 10.7 Å². The minimum atomic E-state index is -0.528. The van der Waals surface area contributed by atoms with Gasteiger partial charge in [0.25, 0.3) is 5.91 Å². The standard InChI is InChI=1S/C14H17FN2O2S/c1-14(2,5-6-18)17-13(19)12-11(16)9-7-8(15)3-4-10(9)20-12/h3-4,7,18H,5-6,16H2,1-2H3,(H,17,19). The Labute approximate surface area is 120 Å². The average molecular weight is 296 g/mol. The van der Waals surface area contributed by atoms with Gasteiger partial charge in [0, 0.05) is 22.2 Å². The van der Waals surface area contributed by atoms with E-state index in [1.807, 2.05) is 13.8 Å². The van der Waals surface area contributed by atoms with Crippen LogP contribution in [0.15, 0.2) is 18.2 Å². The maximum atomic E-state index is 13.2. The van der Waals surface area contributed by atoms with Crippen LogP contribution in [0, 0.1) is 5.82 Å². The molecule has 4 nitrogen and oxygen atoms in total. The van der Waals surface area contributed by atoms with E-state index in [9.17, 15) is 9.18 Å². The largest absolute Gasteiger partial charge is 0.397 e. The summed E-state index contributed by atoms with van der Waals surface area (Å²) in [5.74, 6) is -0.683. The van der Waals surface area contributed by atoms with Crippen LogP contribution >= 0.6 is 11.3 Å². The molecule has 0 aliphatic carbocycles. The van der Waals surface area contributed by atoms with Gasteiger partial charge in [0.2, 0.25) is 0 Å². The molecule has 0 aliphatic rings. The SMILES string of the molecule is CC(C)(CCO)NC(=O)c1sc2ccc(F)cc2c1N. The zero-order valence-electron chi connectivity index (χ0n) is 11.4. The number of nitrogens with one attached hydrogen (secondary N) is 1. The van der Waals surface area contributed by atoms with Crippen LogP contribution in [0.3, 0.4) is 0 Å². The van der Waals surface area contributed by atoms with Crippen molar-refractivity contribution < 1.29 is 14.3 Å². The molecule has 1 aromatic heterocycles. The summed E-state index contributed by atoms with van der Waals surface area (Å²) in [7, 11) is 0. The van der Waals surface area contributed by atoms with E-state index in [2.05, 4.69) is 5.32 Å². The van der Waals surface area contributed by atoms with Crippen LogP contribution in [0.1, 0.15) is 29.9 Å². The van der Waals surface area contributed by atoms with Gasteiger partial charge in [-0.2, -0.15) is 0 Å². The second-order valence-electron chi connectivity index (χ2n) is 5.30. The maximum absolute atomic E-state index is 13.2. The number of hydrogen-bond acceptors (Lipinski definition) is 4. The lowest BCUT2D eigenvalue weighted by atomic mass is 10.0. The molecule has 0 radical (unpaired) electrons. The van der Waals surface area contributed by atoms with Crippen LogP contribution in [-0.2, 0) is 0 Å². The summed E-state index contributed by atoms with van der Waals surface area (Å²) < 4.78 is 14.0. The molecule has 0 saturated carbocycles. The summed E-state index contributed by atoms with van der Waals surface area (Å²) >= 11 is 1.23. The Kier molecular flexibility index (Phi) is 3.96. The minimum absolute atomic E-state index is 0.0135. The fourth-order valence-electron chi connectivity index (χ4n) is 1.96. The normalized spacial score (nSPS) is 11.8. The summed E-state index contributed by atoms with van der Waals surface area (Å²) in [6, 6.07) is 4.29. The van der Waals surface area contributed by atoms with Crippen LogP contribution in [0.2, 0.25) is 0 Å². The van der Waals surface area contributed by atoms with E-state index in [1.165, 1.54) is 23.5 Å². The predicted molar refractivity (Wildman–Crippen MR) is 79.4 cm³/mol. The first-order valence-electron chi connectivity index (χ1n) is 6.25. The lowest BCUT2D eigenvalue weighted by Gasteiger charge is -2.25. The number of nitrogens with two attached hydrogens (primary N) is 1. The van der Waals surface area contributed by atoms with Gasteiger partial charge < -0.3 is 16.2 Å². The molecule has 4 N–H and O–H groups in total. The number of nitrogen functional groups attached to an aromatic ring is 1. The minimum Gasteiger partial charge on any atom is -0.397 e. The summed E-state index contributed by atoms with van der Waals surface area (Å²) in [6.07, 6.45) is 0.443. The van der Waals surface area contributed by atoms with Gasteiger partial charge in [0.05, 0.1) is 5.69 Å². The number of benzene rings is 1. The Morgan fingerprint density at radius 2 is 2.20 bits per heavy atom. The molecule has 0 aliphatic heterocycles. The van der Waals surface area contributed by atoms with Crippen molar-refractivity contribution in [1.82, 2.24) is 5.32 Å². The van der Waals surface area contributed by atoms with Crippen molar-refractivity contribution in [2.75, 3.05) is 12.3 Å². The maximum Gasteiger partial charge on any atom is 0.263 e. The number of carbonyl (C=O) groups is 1. The third kappa shape index (κ3) is 2.91. The van der Waals surface area contributed by atoms with E-state index < -0.39 is 5.54 Å². The fourth-order valence-corrected chi connectivity index (χ4v) is 2.96. The van der Waals surface area contributed by atoms with Gasteiger partial charge in [-0.25, -0.2) is 4.39 Å². The van der Waals surface area contributed by atoms with Crippen molar-refractivity contribution in [3.05, 3.63) is 28.9 Å². The summed E-state index contributed by atoms with van der Waals surface area (Å²) in [5.41, 5.74) is 5.70. The van der Waals surface area contributed by atoms with Crippen molar-refractivity contribution in [2.24, 2.45) is 0 Å². The molecule has 6 heteroatoms. The number of aliphatic hydroxyl groups excluding tert-OH is 1. The first-order chi connectivity index (χ1) is 9.34. The molecule has 1 aromatic carbocycles. The molecule has 1 heterocycles. The zero-order valence-corrected chi connectivity index (χ0v) is 12.2. The molecule has 0 unspecified atom stereocenters. The van der Waals surface area contributed by atoms with E-state index in [0.717, 1.165) is 4.70 Å². The molecule has 0 bridgehead atoms. The average Bonchev–Trinajstić information content (AvgIpc) is 2.66. The smallest absolute Gasteiger partial charge is 0.263 e. The zero-order chi connectivity index (χ0) is 14.9. The third-order valence-electron chi connectivity index (χ3n) is 3.08. The molecule has 20 heavy (non-hydrogen) atoms. The van der Waals surface area contributed by atoms with Crippen molar-refractivity contribution in [2.45, 2.75) is 25.8 Å². The van der Waals surface area contributed by atoms with Gasteiger partial charge in [-0.05, 0) is 38.5 Å². The first kappa shape index (κ1) is 14.7. The lowest BCUT2D eigenvalue weighted by molar-refractivity contribution is 0.0904. The van der Waals surface area contributed by atoms with Crippen molar-refractivity contribution >= 4 is 33.0 Å². The second kappa shape index (κ2) is 5.38. The highest BCUT2D eigenvalue weighted by Crippen LogP contribution is 2.34. The van der Waals surface area contributed by atoms with Crippen molar-refractivity contribution in [3.63, 3.8) is 0 Å². The van der Waals surface area contributed by atoms with Crippen LogP contribution < -0.4 is 11.1 Å². The Balaban J connectivity index is 2.33. The lowest BCUT2D eigenvalue weighted by Crippen LogP contribution is -2.43. The van der Waals surface area contributed by atoms with E-state index >= 15 is 0 Å². The molecule has 2 aromatic rings. The topological polar surface area (TPSA) is 75.3 Å². The van der Waals surface area contributed by atoms with Crippen molar-refractivity contribution in [3.8, 4) is 0 Å². The number of aliphatic hydroxyl groups is 1. The van der Waals surface area contributed by atoms with E-state index in [4.69, 9.17) is 10.8 Å². The molecule has 2 rings (SSSR count). The number of halogens is 1. The molecule has 108 valence electrons. The number of carbonyl (C=O) groups excluding carboxylic acids is 1. The summed E-state index contributed by atoms with van der Waals surface area (Å²) in [6.45, 7) is 3.63. The molecule has 1 amide bonds. The predicted octanol–water partition coefficient (Wildman–Crippen LogP) is 2.51. The summed E-state index contributed by atoms with van der Waals surface area (Å²) in [4.78, 5) is 12.6. The van der Waals surface area contributed by atoms with E-state index in [-0.39, 0.29) is 18.3 Å². The van der Waals surface area contributed by atoms with Gasteiger partial charge in [-0.1, -0.05) is 0 Å². The second-order valence-corrected chi connectivity index (χ2v) is 6.35. The molecular formula is C14H17FN2O2S. The van der Waals surface area contributed by atoms with Crippen molar-refractivity contribution in [1.29, 1.82) is 0 Å². The highest BCUT2D eigenvalue weighted by atomic mass is 32.1. The Morgan fingerprint density at radius 1 is 1.50 bits per heavy atom. The number of hydrogen-bond donors (Lipinski definition) is 3. The van der Waals surface area contributed by atoms with Crippen LogP contribution in [0.4, 0.5) is 10.1 Å². The van der Waals surface area contributed by atoms with Crippen LogP contribution in [0.5, 0.6) is 0 Å². The Morgan fingerprint density at radius 3 is 2.85 bits per heavy atom. The van der Waals surface area contributed by atoms with Gasteiger partial charge in [0.15, 0.2) is 0 Å². The number of rotatable bonds is 4. The Bertz CT molecular complexity index is 652. The number of anilines is 1. The molecule has 0 spiro atoms. The van der Waals surface area contributed by atoms with E-state index in [0.29, 0.717) is 22.4 Å². The fraction of sp³-hybridized carbons (Fsp3) is 0.357. The molecule has 0 fully saturated rings. The van der Waals surface area contributed by atoms with Crippen LogP contribution in [0.25, 0.3) is 10.1 Å². The molecular weight excluding hydrogens is 279 g/mol. The quantitative estimate of drug-likeness (QED) is 0.811. The number of amides is 1. The number of thiophene rings is 1. The van der Waals surface area contributed by atoms with Gasteiger partial charge in [-0.15, -0.1) is 11.3 Å². The third-order valence-corrected chi connectivity index (χ3v) is 4.27. The molecule has 0 atom stereocenters. The highest BCUT2D eigenvalue weighted by molar-refractivity contribution is 7.21. The van der Waals surface area contributed by atoms with Gasteiger partial charge >= 0.3 is 0 Å². The molecule has 0 saturated heterocycles. The first-order valence-corrected chi connectivity index (χ1v) is 7.06. The highest BCUT2D eigenvalue weighted by Gasteiger charge is 2.24. The number of fused-ring (bicyclic) bond motifs is 1. The Hall–Kier alpha value is -1.66. The van der Waals surface area contributed by atoms with Gasteiger partial charge in [-0.3, -0.25) is 4.79 Å². The summed E-state index contributed by atoms with van der Waals surface area (Å²) in [5, 5.41) is 12.4. The monoisotopic (exact) mass is 296 g/mol. The van der Waals surface area contributed by atoms with Crippen LogP contribution in [-0.4, -0.2) is 23.2 Å².